The molecule has 1 aliphatic heterocycles. The van der Waals surface area contributed by atoms with Crippen molar-refractivity contribution in [3.8, 4) is 11.3 Å². The predicted molar refractivity (Wildman–Crippen MR) is 134 cm³/mol. The number of hydrogen-bond acceptors (Lipinski definition) is 6. The van der Waals surface area contributed by atoms with Gasteiger partial charge < -0.3 is 15.5 Å². The molecule has 0 fully saturated rings. The molecule has 0 saturated carbocycles. The van der Waals surface area contributed by atoms with Crippen LogP contribution in [-0.4, -0.2) is 45.0 Å². The first kappa shape index (κ1) is 23.6. The fourth-order valence-electron chi connectivity index (χ4n) is 4.65. The van der Waals surface area contributed by atoms with E-state index >= 15 is 0 Å². The molecule has 0 saturated heterocycles. The molecule has 1 unspecified atom stereocenters. The van der Waals surface area contributed by atoms with Crippen molar-refractivity contribution in [2.75, 3.05) is 24.7 Å². The van der Waals surface area contributed by atoms with Crippen molar-refractivity contribution in [3.05, 3.63) is 58.5 Å². The Kier molecular flexibility index (Phi) is 5.96. The number of rotatable bonds is 3. The molecule has 6 nitrogen and oxygen atoms in total. The van der Waals surface area contributed by atoms with E-state index in [4.69, 9.17) is 17.2 Å². The highest BCUT2D eigenvalue weighted by atomic mass is 32.1. The molecule has 3 heterocycles. The fourth-order valence-corrected chi connectivity index (χ4v) is 4.92. The van der Waals surface area contributed by atoms with Crippen LogP contribution in [0, 0.1) is 6.92 Å². The molecule has 2 aliphatic rings. The van der Waals surface area contributed by atoms with Crippen LogP contribution in [0.4, 0.5) is 30.5 Å². The lowest BCUT2D eigenvalue weighted by molar-refractivity contribution is -0.137. The molecule has 2 N–H and O–H groups in total. The van der Waals surface area contributed by atoms with Crippen LogP contribution in [0.3, 0.4) is 0 Å². The predicted octanol–water partition coefficient (Wildman–Crippen LogP) is 5.32. The van der Waals surface area contributed by atoms with Crippen molar-refractivity contribution in [2.24, 2.45) is 0 Å². The number of pyridine rings is 1. The molecule has 182 valence electrons. The van der Waals surface area contributed by atoms with Crippen molar-refractivity contribution in [1.82, 2.24) is 19.9 Å². The second kappa shape index (κ2) is 8.83. The zero-order chi connectivity index (χ0) is 24.9. The summed E-state index contributed by atoms with van der Waals surface area (Å²) < 4.78 is 39.8. The number of halogens is 3. The van der Waals surface area contributed by atoms with E-state index in [0.717, 1.165) is 54.0 Å². The molecule has 35 heavy (non-hydrogen) atoms. The van der Waals surface area contributed by atoms with Crippen LogP contribution in [0.25, 0.3) is 11.3 Å². The van der Waals surface area contributed by atoms with Gasteiger partial charge in [0.15, 0.2) is 0 Å². The Balaban J connectivity index is 1.49. The number of thiocarbonyl (C=S) groups is 1. The second-order valence-corrected chi connectivity index (χ2v) is 9.76. The van der Waals surface area contributed by atoms with Gasteiger partial charge in [0, 0.05) is 47.6 Å². The van der Waals surface area contributed by atoms with Crippen molar-refractivity contribution < 1.29 is 13.2 Å². The van der Waals surface area contributed by atoms with Gasteiger partial charge in [-0.3, -0.25) is 4.98 Å². The van der Waals surface area contributed by atoms with Crippen LogP contribution in [0.2, 0.25) is 0 Å². The molecule has 10 heteroatoms. The molecule has 2 aromatic heterocycles. The van der Waals surface area contributed by atoms with E-state index in [1.165, 1.54) is 11.6 Å². The van der Waals surface area contributed by atoms with E-state index in [1.54, 1.807) is 6.20 Å². The van der Waals surface area contributed by atoms with Gasteiger partial charge in [-0.25, -0.2) is 9.97 Å². The number of aromatic nitrogens is 3. The van der Waals surface area contributed by atoms with Gasteiger partial charge in [-0.05, 0) is 57.6 Å². The number of likely N-dealkylation sites (N-methyl/N-ethyl adjacent to an activating group) is 1. The van der Waals surface area contributed by atoms with Gasteiger partial charge in [0.1, 0.15) is 0 Å². The summed E-state index contributed by atoms with van der Waals surface area (Å²) in [5.41, 5.74) is 5.40. The Morgan fingerprint density at radius 3 is 2.69 bits per heavy atom. The molecule has 1 aliphatic carbocycles. The number of benzene rings is 1. The molecule has 5 rings (SSSR count). The van der Waals surface area contributed by atoms with Gasteiger partial charge in [0.2, 0.25) is 5.95 Å². The number of nitrogens with one attached hydrogen (secondary N) is 2. The first-order valence-corrected chi connectivity index (χ1v) is 11.8. The molecule has 0 spiro atoms. The smallest absolute Gasteiger partial charge is 0.349 e. The van der Waals surface area contributed by atoms with E-state index in [9.17, 15) is 13.2 Å². The third-order valence-corrected chi connectivity index (χ3v) is 6.87. The maximum Gasteiger partial charge on any atom is 0.416 e. The van der Waals surface area contributed by atoms with E-state index in [1.807, 2.05) is 6.92 Å². The Hall–Kier alpha value is -3.11. The highest BCUT2D eigenvalue weighted by molar-refractivity contribution is 7.80. The van der Waals surface area contributed by atoms with Crippen molar-refractivity contribution in [2.45, 2.75) is 44.8 Å². The third-order valence-electron chi connectivity index (χ3n) is 6.63. The van der Waals surface area contributed by atoms with E-state index in [0.29, 0.717) is 34.7 Å². The van der Waals surface area contributed by atoms with Gasteiger partial charge in [-0.15, -0.1) is 0 Å². The van der Waals surface area contributed by atoms with Crippen LogP contribution in [-0.2, 0) is 25.4 Å². The highest BCUT2D eigenvalue weighted by Gasteiger charge is 2.32. The quantitative estimate of drug-likeness (QED) is 0.474. The number of nitrogens with zero attached hydrogens (tertiary/aromatic N) is 4. The van der Waals surface area contributed by atoms with E-state index < -0.39 is 11.7 Å². The number of alkyl halides is 3. The lowest BCUT2D eigenvalue weighted by Gasteiger charge is -2.29. The van der Waals surface area contributed by atoms with Crippen LogP contribution in [0.15, 0.2) is 30.5 Å². The number of aryl methyl sites for hydroxylation is 2. The zero-order valence-corrected chi connectivity index (χ0v) is 20.4. The van der Waals surface area contributed by atoms with Crippen LogP contribution in [0.5, 0.6) is 0 Å². The van der Waals surface area contributed by atoms with Gasteiger partial charge in [0.05, 0.1) is 27.6 Å². The number of hydrogen-bond donors (Lipinski definition) is 2. The third kappa shape index (κ3) is 4.72. The van der Waals surface area contributed by atoms with E-state index in [-0.39, 0.29) is 5.69 Å². The first-order chi connectivity index (χ1) is 16.6. The normalized spacial score (nSPS) is 17.2. The van der Waals surface area contributed by atoms with Crippen molar-refractivity contribution in [1.29, 1.82) is 0 Å². The maximum atomic E-state index is 13.3. The molecule has 0 radical (unpaired) electrons. The zero-order valence-electron chi connectivity index (χ0n) is 19.6. The van der Waals surface area contributed by atoms with E-state index in [2.05, 4.69) is 45.7 Å². The van der Waals surface area contributed by atoms with Gasteiger partial charge in [-0.2, -0.15) is 13.2 Å². The van der Waals surface area contributed by atoms with Crippen LogP contribution < -0.4 is 10.6 Å². The molecular formula is C25H25F3N6S. The van der Waals surface area contributed by atoms with Gasteiger partial charge in [0.25, 0.3) is 0 Å². The summed E-state index contributed by atoms with van der Waals surface area (Å²) in [4.78, 5) is 16.6. The summed E-state index contributed by atoms with van der Waals surface area (Å²) in [6.45, 7) is 1.95. The summed E-state index contributed by atoms with van der Waals surface area (Å²) in [6, 6.07) is 6.16. The van der Waals surface area contributed by atoms with Crippen LogP contribution >= 0.6 is 12.2 Å². The molecular weight excluding hydrogens is 473 g/mol. The lowest BCUT2D eigenvalue weighted by Crippen LogP contribution is -2.34. The second-order valence-electron chi connectivity index (χ2n) is 9.26. The number of anilines is 3. The number of fused-ring (bicyclic) bond motifs is 4. The summed E-state index contributed by atoms with van der Waals surface area (Å²) in [5.74, 6) is 0.356. The minimum Gasteiger partial charge on any atom is -0.349 e. The monoisotopic (exact) mass is 498 g/mol. The SMILES string of the molecule is Cc1nc2c(cc1Nc1ncc3c(n1)-c1ccc(C(F)(F)F)cc1NC(=S)C3)CCC(N(C)C)C2. The Bertz CT molecular complexity index is 1320. The van der Waals surface area contributed by atoms with Gasteiger partial charge in [-0.1, -0.05) is 18.3 Å². The van der Waals surface area contributed by atoms with Crippen molar-refractivity contribution >= 4 is 34.5 Å². The Morgan fingerprint density at radius 2 is 1.94 bits per heavy atom. The molecule has 1 atom stereocenters. The maximum absolute atomic E-state index is 13.3. The minimum atomic E-state index is -4.45. The summed E-state index contributed by atoms with van der Waals surface area (Å²) in [5, 5.41) is 6.21. The standard InChI is InChI=1S/C25H25F3N6S/c1-13-19(8-14-4-6-17(34(2)3)11-20(14)30-13)32-24-29-12-15-9-22(35)31-21-10-16(25(26,27)28)5-7-18(21)23(15)33-24/h5,7-8,10,12,17H,4,6,9,11H2,1-3H3,(H,31,35)(H,29,32,33). The topological polar surface area (TPSA) is 66.0 Å². The van der Waals surface area contributed by atoms with Gasteiger partial charge >= 0.3 is 6.18 Å². The first-order valence-electron chi connectivity index (χ1n) is 11.4. The minimum absolute atomic E-state index is 0.287. The largest absolute Gasteiger partial charge is 0.416 e. The Labute approximate surface area is 207 Å². The fraction of sp³-hybridized carbons (Fsp3) is 0.360. The molecule has 0 bridgehead atoms. The average Bonchev–Trinajstić information content (AvgIpc) is 2.93. The summed E-state index contributed by atoms with van der Waals surface area (Å²) >= 11 is 5.34. The van der Waals surface area contributed by atoms with Crippen molar-refractivity contribution in [3.63, 3.8) is 0 Å². The summed E-state index contributed by atoms with van der Waals surface area (Å²) in [7, 11) is 4.19. The molecule has 0 amide bonds. The molecule has 3 aromatic rings. The van der Waals surface area contributed by atoms with Crippen LogP contribution in [0.1, 0.15) is 34.5 Å². The highest BCUT2D eigenvalue weighted by Crippen LogP contribution is 2.38. The summed E-state index contributed by atoms with van der Waals surface area (Å²) in [6.07, 6.45) is 0.506. The Morgan fingerprint density at radius 1 is 1.14 bits per heavy atom. The lowest BCUT2D eigenvalue weighted by atomic mass is 9.91. The molecule has 1 aromatic carbocycles. The average molecular weight is 499 g/mol.